The lowest BCUT2D eigenvalue weighted by atomic mass is 10.1. The Morgan fingerprint density at radius 2 is 2.00 bits per heavy atom. The topological polar surface area (TPSA) is 95.7 Å². The molecule has 0 aliphatic rings. The zero-order chi connectivity index (χ0) is 13.7. The second kappa shape index (κ2) is 5.46. The van der Waals surface area contributed by atoms with E-state index in [1.165, 1.54) is 12.3 Å². The Morgan fingerprint density at radius 1 is 1.21 bits per heavy atom. The smallest absolute Gasteiger partial charge is 0.238 e. The van der Waals surface area contributed by atoms with Crippen molar-refractivity contribution in [1.29, 1.82) is 5.26 Å². The highest BCUT2D eigenvalue weighted by molar-refractivity contribution is 7.91. The maximum Gasteiger partial charge on any atom is 0.238 e. The van der Waals surface area contributed by atoms with Crippen LogP contribution in [0.5, 0.6) is 0 Å². The van der Waals surface area contributed by atoms with Crippen LogP contribution in [0, 0.1) is 11.3 Å². The monoisotopic (exact) mass is 274 g/mol. The van der Waals surface area contributed by atoms with Crippen LogP contribution in [0.3, 0.4) is 0 Å². The van der Waals surface area contributed by atoms with Gasteiger partial charge in [0.2, 0.25) is 10.0 Å². The summed E-state index contributed by atoms with van der Waals surface area (Å²) in [6.45, 7) is 0. The summed E-state index contributed by atoms with van der Waals surface area (Å²) in [6.07, 6.45) is 1.45. The molecule has 0 fully saturated rings. The summed E-state index contributed by atoms with van der Waals surface area (Å²) >= 11 is 0. The number of anilines is 1. The first-order chi connectivity index (χ1) is 9.11. The second-order valence-electron chi connectivity index (χ2n) is 3.74. The number of hydrogen-bond acceptors (Lipinski definition) is 5. The van der Waals surface area contributed by atoms with Gasteiger partial charge in [0.1, 0.15) is 0 Å². The fourth-order valence-electron chi connectivity index (χ4n) is 1.51. The number of aromatic nitrogens is 2. The summed E-state index contributed by atoms with van der Waals surface area (Å²) in [4.78, 5) is 0. The molecule has 1 aromatic carbocycles. The van der Waals surface area contributed by atoms with Crippen LogP contribution in [0.25, 0.3) is 0 Å². The molecule has 0 saturated carbocycles. The highest BCUT2D eigenvalue weighted by Gasteiger charge is 2.14. The third-order valence-electron chi connectivity index (χ3n) is 2.32. The first-order valence-corrected chi connectivity index (χ1v) is 7.02. The van der Waals surface area contributed by atoms with Gasteiger partial charge in [-0.25, -0.2) is 8.42 Å². The minimum atomic E-state index is -3.62. The fraction of sp³-hybridized carbons (Fsp3) is 0.0833. The molecule has 0 bridgehead atoms. The van der Waals surface area contributed by atoms with Gasteiger partial charge in [0.25, 0.3) is 0 Å². The molecule has 0 saturated heterocycles. The molecule has 1 heterocycles. The van der Waals surface area contributed by atoms with E-state index in [9.17, 15) is 8.42 Å². The van der Waals surface area contributed by atoms with E-state index < -0.39 is 10.0 Å². The van der Waals surface area contributed by atoms with Crippen LogP contribution in [0.15, 0.2) is 42.6 Å². The first kappa shape index (κ1) is 13.0. The van der Waals surface area contributed by atoms with Crippen LogP contribution in [0.1, 0.15) is 11.1 Å². The molecule has 0 aliphatic heterocycles. The summed E-state index contributed by atoms with van der Waals surface area (Å²) in [7, 11) is -3.62. The predicted octanol–water partition coefficient (Wildman–Crippen LogP) is 1.29. The molecule has 1 N–H and O–H groups in total. The standard InChI is InChI=1S/C12H10N4O2S/c13-8-10-4-1-2-5-11(10)9-19(17,18)16-12-6-3-7-14-15-12/h1-7H,9H2,(H,15,16). The number of nitrogens with one attached hydrogen (secondary N) is 1. The van der Waals surface area contributed by atoms with E-state index in [0.29, 0.717) is 11.1 Å². The van der Waals surface area contributed by atoms with Crippen LogP contribution in [0.4, 0.5) is 5.82 Å². The average molecular weight is 274 g/mol. The molecule has 7 heteroatoms. The third kappa shape index (κ3) is 3.50. The first-order valence-electron chi connectivity index (χ1n) is 5.37. The molecule has 2 aromatic rings. The quantitative estimate of drug-likeness (QED) is 0.906. The molecular formula is C12H10N4O2S. The Labute approximate surface area is 110 Å². The summed E-state index contributed by atoms with van der Waals surface area (Å²) < 4.78 is 26.2. The van der Waals surface area contributed by atoms with E-state index in [0.717, 1.165) is 0 Å². The maximum absolute atomic E-state index is 11.9. The average Bonchev–Trinajstić information content (AvgIpc) is 2.39. The molecule has 0 spiro atoms. The second-order valence-corrected chi connectivity index (χ2v) is 5.46. The number of rotatable bonds is 4. The van der Waals surface area contributed by atoms with Crippen molar-refractivity contribution in [2.24, 2.45) is 0 Å². The summed E-state index contributed by atoms with van der Waals surface area (Å²) in [5, 5.41) is 16.1. The van der Waals surface area contributed by atoms with E-state index in [2.05, 4.69) is 14.9 Å². The molecule has 1 aromatic heterocycles. The third-order valence-corrected chi connectivity index (χ3v) is 3.53. The minimum Gasteiger partial charge on any atom is -0.266 e. The Balaban J connectivity index is 2.21. The van der Waals surface area contributed by atoms with Gasteiger partial charge in [-0.2, -0.15) is 10.4 Å². The van der Waals surface area contributed by atoms with Gasteiger partial charge in [-0.3, -0.25) is 4.72 Å². The number of nitrogens with zero attached hydrogens (tertiary/aromatic N) is 3. The van der Waals surface area contributed by atoms with Crippen LogP contribution in [-0.4, -0.2) is 18.6 Å². The lowest BCUT2D eigenvalue weighted by Gasteiger charge is -2.07. The molecule has 19 heavy (non-hydrogen) atoms. The largest absolute Gasteiger partial charge is 0.266 e. The molecule has 0 aliphatic carbocycles. The number of benzene rings is 1. The van der Waals surface area contributed by atoms with E-state index in [4.69, 9.17) is 5.26 Å². The SMILES string of the molecule is N#Cc1ccccc1CS(=O)(=O)Nc1cccnn1. The van der Waals surface area contributed by atoms with Crippen molar-refractivity contribution in [3.05, 3.63) is 53.7 Å². The van der Waals surface area contributed by atoms with Crippen molar-refractivity contribution < 1.29 is 8.42 Å². The summed E-state index contributed by atoms with van der Waals surface area (Å²) in [5.74, 6) is -0.134. The summed E-state index contributed by atoms with van der Waals surface area (Å²) in [5.41, 5.74) is 0.786. The van der Waals surface area contributed by atoms with Crippen molar-refractivity contribution in [1.82, 2.24) is 10.2 Å². The number of nitriles is 1. The van der Waals surface area contributed by atoms with E-state index in [-0.39, 0.29) is 11.6 Å². The highest BCUT2D eigenvalue weighted by Crippen LogP contribution is 2.13. The van der Waals surface area contributed by atoms with Gasteiger partial charge in [0.05, 0.1) is 17.4 Å². The summed E-state index contributed by atoms with van der Waals surface area (Å²) in [6, 6.07) is 11.6. The Bertz CT molecular complexity index is 708. The van der Waals surface area contributed by atoms with E-state index >= 15 is 0 Å². The van der Waals surface area contributed by atoms with Gasteiger partial charge in [-0.15, -0.1) is 5.10 Å². The molecule has 0 atom stereocenters. The molecule has 2 rings (SSSR count). The zero-order valence-corrected chi connectivity index (χ0v) is 10.6. The maximum atomic E-state index is 11.9. The van der Waals surface area contributed by atoms with Crippen LogP contribution in [-0.2, 0) is 15.8 Å². The number of sulfonamides is 1. The van der Waals surface area contributed by atoms with Crippen LogP contribution >= 0.6 is 0 Å². The van der Waals surface area contributed by atoms with Gasteiger partial charge in [0, 0.05) is 6.20 Å². The minimum absolute atomic E-state index is 0.150. The lowest BCUT2D eigenvalue weighted by Crippen LogP contribution is -2.16. The van der Waals surface area contributed by atoms with Crippen LogP contribution < -0.4 is 4.72 Å². The van der Waals surface area contributed by atoms with Gasteiger partial charge in [-0.05, 0) is 23.8 Å². The zero-order valence-electron chi connectivity index (χ0n) is 9.81. The molecule has 6 nitrogen and oxygen atoms in total. The normalized spacial score (nSPS) is 10.7. The highest BCUT2D eigenvalue weighted by atomic mass is 32.2. The van der Waals surface area contributed by atoms with E-state index in [1.807, 2.05) is 6.07 Å². The van der Waals surface area contributed by atoms with E-state index in [1.54, 1.807) is 30.3 Å². The van der Waals surface area contributed by atoms with Crippen molar-refractivity contribution in [2.45, 2.75) is 5.75 Å². The molecule has 96 valence electrons. The lowest BCUT2D eigenvalue weighted by molar-refractivity contribution is 0.600. The Hall–Kier alpha value is -2.46. The van der Waals surface area contributed by atoms with Crippen molar-refractivity contribution in [3.8, 4) is 6.07 Å². The van der Waals surface area contributed by atoms with Gasteiger partial charge in [-0.1, -0.05) is 18.2 Å². The van der Waals surface area contributed by atoms with Crippen molar-refractivity contribution in [3.63, 3.8) is 0 Å². The fourth-order valence-corrected chi connectivity index (χ4v) is 2.67. The number of hydrogen-bond donors (Lipinski definition) is 1. The Morgan fingerprint density at radius 3 is 2.68 bits per heavy atom. The molecule has 0 radical (unpaired) electrons. The van der Waals surface area contributed by atoms with Crippen LogP contribution in [0.2, 0.25) is 0 Å². The molecular weight excluding hydrogens is 264 g/mol. The van der Waals surface area contributed by atoms with Gasteiger partial charge < -0.3 is 0 Å². The molecule has 0 unspecified atom stereocenters. The molecule has 0 amide bonds. The van der Waals surface area contributed by atoms with Gasteiger partial charge in [0.15, 0.2) is 5.82 Å². The Kier molecular flexibility index (Phi) is 3.73. The van der Waals surface area contributed by atoms with Gasteiger partial charge >= 0.3 is 0 Å². The predicted molar refractivity (Wildman–Crippen MR) is 69.4 cm³/mol. The van der Waals surface area contributed by atoms with Crippen molar-refractivity contribution >= 4 is 15.8 Å². The van der Waals surface area contributed by atoms with Crippen molar-refractivity contribution in [2.75, 3.05) is 4.72 Å².